The Balaban J connectivity index is 1.50. The molecule has 0 aliphatic rings. The quantitative estimate of drug-likeness (QED) is 0.333. The van der Waals surface area contributed by atoms with Gasteiger partial charge in [0.25, 0.3) is 0 Å². The average Bonchev–Trinajstić information content (AvgIpc) is 2.74. The summed E-state index contributed by atoms with van der Waals surface area (Å²) in [7, 11) is 0. The molecule has 0 saturated heterocycles. The summed E-state index contributed by atoms with van der Waals surface area (Å²) < 4.78 is 32.7. The van der Waals surface area contributed by atoms with E-state index in [-0.39, 0.29) is 12.2 Å². The van der Waals surface area contributed by atoms with Crippen LogP contribution in [0.1, 0.15) is 16.7 Å². The Morgan fingerprint density at radius 1 is 0.931 bits per heavy atom. The third kappa shape index (κ3) is 6.43. The van der Waals surface area contributed by atoms with Crippen molar-refractivity contribution in [1.29, 1.82) is 0 Å². The molecule has 0 aliphatic carbocycles. The predicted octanol–water partition coefficient (Wildman–Crippen LogP) is 5.13. The molecule has 4 nitrogen and oxygen atoms in total. The van der Waals surface area contributed by atoms with Gasteiger partial charge in [-0.2, -0.15) is 5.10 Å². The van der Waals surface area contributed by atoms with Crippen LogP contribution in [0.4, 0.5) is 8.78 Å². The first-order chi connectivity index (χ1) is 14.1. The van der Waals surface area contributed by atoms with Crippen molar-refractivity contribution in [2.45, 2.75) is 12.4 Å². The molecule has 0 fully saturated rings. The highest BCUT2D eigenvalue weighted by Crippen LogP contribution is 2.17. The molecule has 0 saturated carbocycles. The van der Waals surface area contributed by atoms with Gasteiger partial charge in [0.2, 0.25) is 0 Å². The average molecular weight is 411 g/mol. The summed E-state index contributed by atoms with van der Waals surface area (Å²) in [5, 5.41) is 8.31. The van der Waals surface area contributed by atoms with Crippen molar-refractivity contribution in [3.63, 3.8) is 0 Å². The van der Waals surface area contributed by atoms with Crippen molar-refractivity contribution in [2.24, 2.45) is 15.9 Å². The number of thioether (sulfide) groups is 1. The van der Waals surface area contributed by atoms with Gasteiger partial charge in [0.05, 0.1) is 11.8 Å². The van der Waals surface area contributed by atoms with Gasteiger partial charge < -0.3 is 10.5 Å². The number of hydrogen-bond donors (Lipinski definition) is 1. The Bertz CT molecular complexity index is 972. The zero-order valence-electron chi connectivity index (χ0n) is 15.5. The van der Waals surface area contributed by atoms with Gasteiger partial charge in [-0.3, -0.25) is 0 Å². The van der Waals surface area contributed by atoms with Crippen molar-refractivity contribution >= 4 is 23.1 Å². The van der Waals surface area contributed by atoms with Gasteiger partial charge in [-0.05, 0) is 47.5 Å². The lowest BCUT2D eigenvalue weighted by Gasteiger charge is -2.08. The van der Waals surface area contributed by atoms with E-state index in [2.05, 4.69) is 10.2 Å². The zero-order valence-corrected chi connectivity index (χ0v) is 16.3. The molecular formula is C22H19F2N3OS. The highest BCUT2D eigenvalue weighted by atomic mass is 32.2. The molecule has 0 amide bonds. The van der Waals surface area contributed by atoms with E-state index in [0.29, 0.717) is 10.9 Å². The minimum Gasteiger partial charge on any atom is -0.489 e. The topological polar surface area (TPSA) is 60.0 Å². The van der Waals surface area contributed by atoms with Crippen LogP contribution >= 0.6 is 11.8 Å². The molecule has 0 radical (unpaired) electrons. The van der Waals surface area contributed by atoms with Crippen LogP contribution in [0.5, 0.6) is 5.75 Å². The Morgan fingerprint density at radius 3 is 2.31 bits per heavy atom. The molecule has 3 rings (SSSR count). The molecule has 0 unspecified atom stereocenters. The van der Waals surface area contributed by atoms with Crippen LogP contribution in [0.15, 0.2) is 83.0 Å². The van der Waals surface area contributed by atoms with Crippen molar-refractivity contribution in [3.8, 4) is 5.75 Å². The number of hydrogen-bond acceptors (Lipinski definition) is 4. The van der Waals surface area contributed by atoms with E-state index in [9.17, 15) is 8.78 Å². The molecule has 148 valence electrons. The second kappa shape index (κ2) is 10.4. The summed E-state index contributed by atoms with van der Waals surface area (Å²) in [6.07, 6.45) is 1.57. The smallest absolute Gasteiger partial charge is 0.180 e. The summed E-state index contributed by atoms with van der Waals surface area (Å²) in [5.74, 6) is -0.0460. The molecule has 0 aliphatic heterocycles. The molecule has 3 aromatic rings. The molecule has 0 heterocycles. The zero-order chi connectivity index (χ0) is 20.5. The highest BCUT2D eigenvalue weighted by Gasteiger charge is 2.08. The maximum Gasteiger partial charge on any atom is 0.180 e. The maximum atomic E-state index is 13.6. The minimum absolute atomic E-state index is 0.101. The van der Waals surface area contributed by atoms with E-state index in [4.69, 9.17) is 10.5 Å². The second-order valence-corrected chi connectivity index (χ2v) is 7.01. The van der Waals surface area contributed by atoms with Gasteiger partial charge in [0.1, 0.15) is 24.0 Å². The van der Waals surface area contributed by atoms with Crippen LogP contribution in [0.3, 0.4) is 0 Å². The summed E-state index contributed by atoms with van der Waals surface area (Å²) in [6.45, 7) is -0.189. The van der Waals surface area contributed by atoms with Gasteiger partial charge >= 0.3 is 0 Å². The lowest BCUT2D eigenvalue weighted by Crippen LogP contribution is -2.06. The Hall–Kier alpha value is -3.19. The molecule has 0 atom stereocenters. The molecular weight excluding hydrogens is 392 g/mol. The molecule has 3 aromatic carbocycles. The molecule has 29 heavy (non-hydrogen) atoms. The van der Waals surface area contributed by atoms with Crippen LogP contribution in [0.2, 0.25) is 0 Å². The SMILES string of the molecule is NC(=NN=Cc1ccc(OCc2c(F)cccc2F)cc1)SCc1ccccc1. The minimum atomic E-state index is -0.630. The lowest BCUT2D eigenvalue weighted by atomic mass is 10.2. The van der Waals surface area contributed by atoms with E-state index in [0.717, 1.165) is 16.9 Å². The number of halogens is 2. The van der Waals surface area contributed by atoms with Crippen LogP contribution in [0.25, 0.3) is 0 Å². The first-order valence-electron chi connectivity index (χ1n) is 8.81. The molecule has 0 aromatic heterocycles. The summed E-state index contributed by atoms with van der Waals surface area (Å²) in [4.78, 5) is 0. The fourth-order valence-corrected chi connectivity index (χ4v) is 3.00. The van der Waals surface area contributed by atoms with Crippen LogP contribution in [-0.2, 0) is 12.4 Å². The Morgan fingerprint density at radius 2 is 1.62 bits per heavy atom. The van der Waals surface area contributed by atoms with Crippen LogP contribution in [0, 0.1) is 11.6 Å². The van der Waals surface area contributed by atoms with Crippen molar-refractivity contribution < 1.29 is 13.5 Å². The number of amidine groups is 1. The molecule has 2 N–H and O–H groups in total. The van der Waals surface area contributed by atoms with E-state index in [1.54, 1.807) is 30.5 Å². The fraction of sp³-hybridized carbons (Fsp3) is 0.0909. The highest BCUT2D eigenvalue weighted by molar-refractivity contribution is 8.13. The van der Waals surface area contributed by atoms with E-state index in [1.807, 2.05) is 30.3 Å². The number of rotatable bonds is 7. The first-order valence-corrected chi connectivity index (χ1v) is 9.79. The van der Waals surface area contributed by atoms with Gasteiger partial charge in [0, 0.05) is 5.75 Å². The number of nitrogens with two attached hydrogens (primary N) is 1. The van der Waals surface area contributed by atoms with Crippen molar-refractivity contribution in [1.82, 2.24) is 0 Å². The third-order valence-electron chi connectivity index (χ3n) is 3.92. The number of nitrogens with zero attached hydrogens (tertiary/aromatic N) is 2. The Kier molecular flexibility index (Phi) is 7.35. The van der Waals surface area contributed by atoms with Crippen LogP contribution in [-0.4, -0.2) is 11.4 Å². The van der Waals surface area contributed by atoms with Gasteiger partial charge in [-0.15, -0.1) is 5.10 Å². The summed E-state index contributed by atoms with van der Waals surface area (Å²) in [5.41, 5.74) is 7.69. The summed E-state index contributed by atoms with van der Waals surface area (Å²) in [6, 6.07) is 20.6. The largest absolute Gasteiger partial charge is 0.489 e. The van der Waals surface area contributed by atoms with Crippen molar-refractivity contribution in [3.05, 3.63) is 101 Å². The van der Waals surface area contributed by atoms with Crippen molar-refractivity contribution in [2.75, 3.05) is 0 Å². The van der Waals surface area contributed by atoms with Gasteiger partial charge in [-0.25, -0.2) is 8.78 Å². The van der Waals surface area contributed by atoms with E-state index < -0.39 is 11.6 Å². The first kappa shape index (κ1) is 20.5. The fourth-order valence-electron chi connectivity index (χ4n) is 2.39. The van der Waals surface area contributed by atoms with E-state index >= 15 is 0 Å². The monoisotopic (exact) mass is 411 g/mol. The molecule has 0 spiro atoms. The number of benzene rings is 3. The van der Waals surface area contributed by atoms with Crippen LogP contribution < -0.4 is 10.5 Å². The maximum absolute atomic E-state index is 13.6. The third-order valence-corrected chi connectivity index (χ3v) is 4.77. The second-order valence-electron chi connectivity index (χ2n) is 6.02. The Labute approximate surface area is 172 Å². The lowest BCUT2D eigenvalue weighted by molar-refractivity contribution is 0.292. The molecule has 0 bridgehead atoms. The van der Waals surface area contributed by atoms with Gasteiger partial charge in [-0.1, -0.05) is 48.2 Å². The molecule has 7 heteroatoms. The van der Waals surface area contributed by atoms with Gasteiger partial charge in [0.15, 0.2) is 5.17 Å². The standard InChI is InChI=1S/C22H19F2N3OS/c23-20-7-4-8-21(24)19(20)14-28-18-11-9-16(10-12-18)13-26-27-22(25)29-15-17-5-2-1-3-6-17/h1-13H,14-15H2,(H2,25,27). The number of ether oxygens (including phenoxy) is 1. The van der Waals surface area contributed by atoms with E-state index in [1.165, 1.54) is 30.0 Å². The normalized spacial score (nSPS) is 11.7. The summed E-state index contributed by atoms with van der Waals surface area (Å²) >= 11 is 1.41. The predicted molar refractivity (Wildman–Crippen MR) is 114 cm³/mol.